The summed E-state index contributed by atoms with van der Waals surface area (Å²) in [6, 6.07) is 27.6. The molecule has 0 aliphatic carbocycles. The van der Waals surface area contributed by atoms with Crippen molar-refractivity contribution in [2.24, 2.45) is 0 Å². The van der Waals surface area contributed by atoms with E-state index in [0.717, 1.165) is 27.3 Å². The van der Waals surface area contributed by atoms with Crippen LogP contribution in [0.25, 0.3) is 0 Å². The highest BCUT2D eigenvalue weighted by Crippen LogP contribution is 2.55. The van der Waals surface area contributed by atoms with Gasteiger partial charge in [0.25, 0.3) is 14.1 Å². The fraction of sp³-hybridized carbons (Fsp3) is 0.405. The molecule has 56 heavy (non-hydrogen) atoms. The Labute approximate surface area is 328 Å². The van der Waals surface area contributed by atoms with Gasteiger partial charge in [0.15, 0.2) is 11.9 Å². The first-order chi connectivity index (χ1) is 26.9. The van der Waals surface area contributed by atoms with Crippen molar-refractivity contribution in [1.82, 2.24) is 14.2 Å². The number of ether oxygens (including phenoxy) is 4. The minimum absolute atomic E-state index is 0.0441. The lowest BCUT2D eigenvalue weighted by Gasteiger charge is -2.40. The minimum atomic E-state index is -2.42. The predicted molar refractivity (Wildman–Crippen MR) is 212 cm³/mol. The Morgan fingerprint density at radius 3 is 2.04 bits per heavy atom. The monoisotopic (exact) mass is 788 g/mol. The van der Waals surface area contributed by atoms with Crippen LogP contribution in [0, 0.1) is 11.3 Å². The van der Waals surface area contributed by atoms with Crippen LogP contribution in [0.5, 0.6) is 11.5 Å². The number of hydrogen-bond acceptors (Lipinski definition) is 10. The maximum absolute atomic E-state index is 18.3. The standard InChI is InChI=1S/C42H50FN4O8P/c1-8-24-41(43)38(55-56(53-27-12-25-44)47(29(2)3)30(4)5)36(54-39(41)46-26-23-37(48)45-40(46)49)28-52-42(31-13-10-9-11-14-31,32-15-19-34(50-6)20-16-32)33-17-21-35(51-7)22-18-33/h8-11,13-23,26,29-30,36,38-39H,1,12,24,27-28H2,2-7H3,(H,45,48,49)/t36-,38-,39-,41-,56?/m1/s1. The Balaban J connectivity index is 1.70. The van der Waals surface area contributed by atoms with Gasteiger partial charge in [-0.25, -0.2) is 13.9 Å². The molecule has 0 radical (unpaired) electrons. The number of benzene rings is 3. The van der Waals surface area contributed by atoms with E-state index >= 15 is 4.39 Å². The molecule has 4 aromatic rings. The lowest BCUT2D eigenvalue weighted by molar-refractivity contribution is -0.0966. The molecule has 1 unspecified atom stereocenters. The number of aromatic nitrogens is 2. The lowest BCUT2D eigenvalue weighted by Crippen LogP contribution is -2.48. The van der Waals surface area contributed by atoms with Gasteiger partial charge in [-0.05, 0) is 68.7 Å². The summed E-state index contributed by atoms with van der Waals surface area (Å²) in [5.74, 6) is 1.28. The van der Waals surface area contributed by atoms with Crippen molar-refractivity contribution in [1.29, 1.82) is 5.26 Å². The van der Waals surface area contributed by atoms with E-state index in [0.29, 0.717) is 11.5 Å². The van der Waals surface area contributed by atoms with E-state index in [1.807, 2.05) is 111 Å². The smallest absolute Gasteiger partial charge is 0.330 e. The second kappa shape index (κ2) is 19.0. The van der Waals surface area contributed by atoms with Crippen LogP contribution >= 0.6 is 8.53 Å². The van der Waals surface area contributed by atoms with Crippen LogP contribution in [0.4, 0.5) is 4.39 Å². The van der Waals surface area contributed by atoms with E-state index in [9.17, 15) is 14.9 Å². The first-order valence-electron chi connectivity index (χ1n) is 18.4. The Kier molecular flexibility index (Phi) is 14.4. The Bertz CT molecular complexity index is 1980. The molecule has 3 aromatic carbocycles. The zero-order chi connectivity index (χ0) is 40.5. The van der Waals surface area contributed by atoms with Crippen LogP contribution in [0.3, 0.4) is 0 Å². The average Bonchev–Trinajstić information content (AvgIpc) is 3.45. The van der Waals surface area contributed by atoms with E-state index in [1.54, 1.807) is 14.2 Å². The zero-order valence-corrected chi connectivity index (χ0v) is 33.5. The number of aromatic amines is 1. The van der Waals surface area contributed by atoms with Crippen molar-refractivity contribution in [2.75, 3.05) is 27.4 Å². The molecule has 0 spiro atoms. The molecule has 1 aromatic heterocycles. The van der Waals surface area contributed by atoms with Crippen LogP contribution in [-0.2, 0) is 24.1 Å². The third kappa shape index (κ3) is 8.97. The van der Waals surface area contributed by atoms with Gasteiger partial charge in [0, 0.05) is 30.8 Å². The number of allylic oxidation sites excluding steroid dienone is 1. The third-order valence-electron chi connectivity index (χ3n) is 9.59. The average molecular weight is 789 g/mol. The van der Waals surface area contributed by atoms with Crippen LogP contribution in [0.15, 0.2) is 113 Å². The number of hydrogen-bond donors (Lipinski definition) is 1. The number of halogens is 1. The molecule has 1 fully saturated rings. The Morgan fingerprint density at radius 1 is 0.964 bits per heavy atom. The topological polar surface area (TPSA) is 137 Å². The van der Waals surface area contributed by atoms with Gasteiger partial charge < -0.3 is 28.0 Å². The Hall–Kier alpha value is -4.67. The van der Waals surface area contributed by atoms with Gasteiger partial charge in [0.1, 0.15) is 29.3 Å². The molecule has 14 heteroatoms. The van der Waals surface area contributed by atoms with Crippen LogP contribution in [0.1, 0.15) is 63.5 Å². The molecule has 0 saturated carbocycles. The summed E-state index contributed by atoms with van der Waals surface area (Å²) in [5, 5.41) is 9.35. The number of nitrogens with one attached hydrogen (secondary N) is 1. The fourth-order valence-electron chi connectivity index (χ4n) is 7.10. The first-order valence-corrected chi connectivity index (χ1v) is 19.6. The van der Waals surface area contributed by atoms with Crippen molar-refractivity contribution < 1.29 is 32.4 Å². The minimum Gasteiger partial charge on any atom is -0.497 e. The number of nitriles is 1. The number of alkyl halides is 1. The van der Waals surface area contributed by atoms with Gasteiger partial charge in [-0.15, -0.1) is 6.58 Å². The van der Waals surface area contributed by atoms with Gasteiger partial charge in [0.2, 0.25) is 0 Å². The maximum Gasteiger partial charge on any atom is 0.330 e. The van der Waals surface area contributed by atoms with E-state index in [4.69, 9.17) is 28.0 Å². The predicted octanol–water partition coefficient (Wildman–Crippen LogP) is 7.41. The third-order valence-corrected chi connectivity index (χ3v) is 11.7. The molecule has 1 aliphatic heterocycles. The van der Waals surface area contributed by atoms with Gasteiger partial charge in [-0.2, -0.15) is 5.26 Å². The van der Waals surface area contributed by atoms with Gasteiger partial charge in [0.05, 0.1) is 39.9 Å². The first kappa shape index (κ1) is 42.5. The molecule has 1 aliphatic rings. The highest BCUT2D eigenvalue weighted by Gasteiger charge is 2.61. The number of rotatable bonds is 19. The van der Waals surface area contributed by atoms with Crippen molar-refractivity contribution in [3.63, 3.8) is 0 Å². The second-order valence-electron chi connectivity index (χ2n) is 13.9. The summed E-state index contributed by atoms with van der Waals surface area (Å²) >= 11 is 0. The summed E-state index contributed by atoms with van der Waals surface area (Å²) in [6.07, 6.45) is -1.74. The highest BCUT2D eigenvalue weighted by atomic mass is 31.2. The molecular weight excluding hydrogens is 738 g/mol. The van der Waals surface area contributed by atoms with E-state index in [1.165, 1.54) is 12.3 Å². The summed E-state index contributed by atoms with van der Waals surface area (Å²) in [7, 11) is 1.17. The van der Waals surface area contributed by atoms with Crippen molar-refractivity contribution in [2.45, 2.75) is 82.3 Å². The van der Waals surface area contributed by atoms with E-state index < -0.39 is 49.5 Å². The van der Waals surface area contributed by atoms with Crippen molar-refractivity contribution in [3.05, 3.63) is 141 Å². The number of nitrogens with zero attached hydrogens (tertiary/aromatic N) is 3. The van der Waals surface area contributed by atoms with Crippen molar-refractivity contribution >= 4 is 8.53 Å². The van der Waals surface area contributed by atoms with E-state index in [2.05, 4.69) is 17.6 Å². The number of methoxy groups -OCH3 is 2. The van der Waals surface area contributed by atoms with Gasteiger partial charge in [-0.1, -0.05) is 60.7 Å². The molecule has 298 valence electrons. The quantitative estimate of drug-likeness (QED) is 0.0443. The summed E-state index contributed by atoms with van der Waals surface area (Å²) in [5.41, 5.74) is -2.98. The molecule has 2 heterocycles. The molecule has 12 nitrogen and oxygen atoms in total. The highest BCUT2D eigenvalue weighted by molar-refractivity contribution is 7.44. The van der Waals surface area contributed by atoms with Gasteiger partial charge in [-0.3, -0.25) is 14.3 Å². The molecule has 0 bridgehead atoms. The molecule has 1 N–H and O–H groups in total. The summed E-state index contributed by atoms with van der Waals surface area (Å²) < 4.78 is 59.0. The normalized spacial score (nSPS) is 20.3. The van der Waals surface area contributed by atoms with Crippen LogP contribution in [-0.4, -0.2) is 71.6 Å². The lowest BCUT2D eigenvalue weighted by atomic mass is 9.80. The molecule has 5 atom stereocenters. The molecular formula is C42H50FN4O8P. The molecule has 1 saturated heterocycles. The van der Waals surface area contributed by atoms with Crippen LogP contribution in [0.2, 0.25) is 0 Å². The summed E-state index contributed by atoms with van der Waals surface area (Å²) in [6.45, 7) is 11.5. The van der Waals surface area contributed by atoms with Crippen molar-refractivity contribution in [3.8, 4) is 17.6 Å². The molecule has 0 amide bonds. The summed E-state index contributed by atoms with van der Waals surface area (Å²) in [4.78, 5) is 27.6. The maximum atomic E-state index is 18.3. The number of H-pyrrole nitrogens is 1. The zero-order valence-electron chi connectivity index (χ0n) is 32.6. The van der Waals surface area contributed by atoms with E-state index in [-0.39, 0.29) is 38.1 Å². The SMILES string of the molecule is C=CC[C@@]1(F)[C@H](OP(OCCC#N)N(C(C)C)C(C)C)[C@@H](COC(c2ccccc2)(c2ccc(OC)cc2)c2ccc(OC)cc2)O[C@H]1n1ccc(=O)[nH]c1=O. The second-order valence-corrected chi connectivity index (χ2v) is 15.3. The Morgan fingerprint density at radius 2 is 1.54 bits per heavy atom. The fourth-order valence-corrected chi connectivity index (χ4v) is 8.91. The van der Waals surface area contributed by atoms with Gasteiger partial charge >= 0.3 is 5.69 Å². The van der Waals surface area contributed by atoms with Crippen LogP contribution < -0.4 is 20.7 Å². The largest absolute Gasteiger partial charge is 0.497 e. The molecule has 5 rings (SSSR count).